The molecule has 0 aliphatic carbocycles. The van der Waals surface area contributed by atoms with E-state index in [9.17, 15) is 0 Å². The Hall–Kier alpha value is -1.29. The lowest BCUT2D eigenvalue weighted by Gasteiger charge is -2.11. The fourth-order valence-electron chi connectivity index (χ4n) is 1.59. The van der Waals surface area contributed by atoms with Crippen molar-refractivity contribution in [2.45, 2.75) is 19.6 Å². The maximum absolute atomic E-state index is 6.15. The Morgan fingerprint density at radius 3 is 2.68 bits per heavy atom. The lowest BCUT2D eigenvalue weighted by atomic mass is 10.1. The summed E-state index contributed by atoms with van der Waals surface area (Å²) in [5.41, 5.74) is 7.63. The molecule has 0 amide bonds. The van der Waals surface area contributed by atoms with Gasteiger partial charge in [-0.2, -0.15) is 0 Å². The molecule has 2 rings (SSSR count). The van der Waals surface area contributed by atoms with Crippen LogP contribution in [0, 0.1) is 0 Å². The van der Waals surface area contributed by atoms with Crippen molar-refractivity contribution in [2.75, 3.05) is 0 Å². The molecule has 0 aliphatic heterocycles. The average molecular weight is 297 g/mol. The zero-order valence-electron chi connectivity index (χ0n) is 10.4. The summed E-state index contributed by atoms with van der Waals surface area (Å²) < 4.78 is 5.65. The van der Waals surface area contributed by atoms with Gasteiger partial charge in [0.05, 0.1) is 10.0 Å². The van der Waals surface area contributed by atoms with Crippen molar-refractivity contribution in [1.82, 2.24) is 4.98 Å². The van der Waals surface area contributed by atoms with Crippen molar-refractivity contribution >= 4 is 23.2 Å². The van der Waals surface area contributed by atoms with Crippen LogP contribution in [-0.2, 0) is 6.61 Å². The predicted molar refractivity (Wildman–Crippen MR) is 77.6 cm³/mol. The maximum Gasteiger partial charge on any atom is 0.138 e. The van der Waals surface area contributed by atoms with Crippen LogP contribution in [0.15, 0.2) is 36.7 Å². The van der Waals surface area contributed by atoms with E-state index in [1.54, 1.807) is 12.4 Å². The quantitative estimate of drug-likeness (QED) is 0.928. The Morgan fingerprint density at radius 2 is 2.05 bits per heavy atom. The normalized spacial score (nSPS) is 12.2. The number of hydrogen-bond acceptors (Lipinski definition) is 3. The van der Waals surface area contributed by atoms with E-state index < -0.39 is 0 Å². The van der Waals surface area contributed by atoms with E-state index in [-0.39, 0.29) is 6.04 Å². The number of pyridine rings is 1. The van der Waals surface area contributed by atoms with Gasteiger partial charge in [-0.05, 0) is 30.7 Å². The van der Waals surface area contributed by atoms with Crippen molar-refractivity contribution in [1.29, 1.82) is 0 Å². The Bertz CT molecular complexity index is 573. The molecule has 19 heavy (non-hydrogen) atoms. The number of hydrogen-bond donors (Lipinski definition) is 1. The number of aromatic nitrogens is 1. The molecule has 2 aromatic rings. The first-order valence-corrected chi connectivity index (χ1v) is 6.59. The molecule has 0 bridgehead atoms. The Morgan fingerprint density at radius 1 is 1.26 bits per heavy atom. The van der Waals surface area contributed by atoms with E-state index >= 15 is 0 Å². The van der Waals surface area contributed by atoms with Gasteiger partial charge in [0.1, 0.15) is 12.4 Å². The van der Waals surface area contributed by atoms with Gasteiger partial charge in [-0.15, -0.1) is 0 Å². The van der Waals surface area contributed by atoms with Crippen molar-refractivity contribution in [3.8, 4) is 5.75 Å². The summed E-state index contributed by atoms with van der Waals surface area (Å²) >= 11 is 12.2. The molecule has 1 aromatic heterocycles. The second kappa shape index (κ2) is 6.24. The van der Waals surface area contributed by atoms with Crippen molar-refractivity contribution in [3.63, 3.8) is 0 Å². The number of nitrogens with two attached hydrogens (primary N) is 1. The second-order valence-electron chi connectivity index (χ2n) is 4.23. The predicted octanol–water partition coefficient (Wildman–Crippen LogP) is 3.99. The topological polar surface area (TPSA) is 48.1 Å². The molecule has 0 spiro atoms. The SMILES string of the molecule is C[C@@H](N)c1ccc(OCc2ccncc2Cl)c(Cl)c1. The van der Waals surface area contributed by atoms with E-state index in [1.165, 1.54) is 0 Å². The molecule has 100 valence electrons. The number of nitrogens with zero attached hydrogens (tertiary/aromatic N) is 1. The van der Waals surface area contributed by atoms with Gasteiger partial charge >= 0.3 is 0 Å². The lowest BCUT2D eigenvalue weighted by Crippen LogP contribution is -2.05. The minimum absolute atomic E-state index is 0.0545. The summed E-state index contributed by atoms with van der Waals surface area (Å²) in [6.07, 6.45) is 3.26. The van der Waals surface area contributed by atoms with Gasteiger partial charge in [-0.3, -0.25) is 4.98 Å². The molecular weight excluding hydrogens is 283 g/mol. The van der Waals surface area contributed by atoms with Crippen molar-refractivity contribution < 1.29 is 4.74 Å². The lowest BCUT2D eigenvalue weighted by molar-refractivity contribution is 0.306. The summed E-state index contributed by atoms with van der Waals surface area (Å²) in [7, 11) is 0. The fourth-order valence-corrected chi connectivity index (χ4v) is 2.01. The van der Waals surface area contributed by atoms with E-state index in [4.69, 9.17) is 33.7 Å². The molecular formula is C14H14Cl2N2O. The number of ether oxygens (including phenoxy) is 1. The Labute approximate surface area is 122 Å². The second-order valence-corrected chi connectivity index (χ2v) is 5.05. The van der Waals surface area contributed by atoms with Gasteiger partial charge in [0.25, 0.3) is 0 Å². The van der Waals surface area contributed by atoms with Gasteiger partial charge in [0.15, 0.2) is 0 Å². The summed E-state index contributed by atoms with van der Waals surface area (Å²) in [5.74, 6) is 0.610. The molecule has 0 radical (unpaired) electrons. The van der Waals surface area contributed by atoms with Crippen LogP contribution in [0.5, 0.6) is 5.75 Å². The number of benzene rings is 1. The van der Waals surface area contributed by atoms with E-state index in [2.05, 4.69) is 4.98 Å². The first-order valence-electron chi connectivity index (χ1n) is 5.84. The third-order valence-corrected chi connectivity index (χ3v) is 3.36. The minimum atomic E-state index is -0.0545. The first-order chi connectivity index (χ1) is 9.08. The average Bonchev–Trinajstić information content (AvgIpc) is 2.39. The van der Waals surface area contributed by atoms with Crippen LogP contribution in [0.2, 0.25) is 10.0 Å². The van der Waals surface area contributed by atoms with E-state index in [0.29, 0.717) is 22.4 Å². The van der Waals surface area contributed by atoms with Crippen LogP contribution in [-0.4, -0.2) is 4.98 Å². The summed E-state index contributed by atoms with van der Waals surface area (Å²) in [5, 5.41) is 1.12. The van der Waals surface area contributed by atoms with Gasteiger partial charge < -0.3 is 10.5 Å². The zero-order valence-corrected chi connectivity index (χ0v) is 11.9. The van der Waals surface area contributed by atoms with Crippen LogP contribution in [0.25, 0.3) is 0 Å². The number of rotatable bonds is 4. The Balaban J connectivity index is 2.10. The van der Waals surface area contributed by atoms with Gasteiger partial charge in [-0.1, -0.05) is 29.3 Å². The van der Waals surface area contributed by atoms with E-state index in [1.807, 2.05) is 31.2 Å². The third kappa shape index (κ3) is 3.60. The standard InChI is InChI=1S/C14H14Cl2N2O/c1-9(17)10-2-3-14(12(15)6-10)19-8-11-4-5-18-7-13(11)16/h2-7,9H,8,17H2,1H3/t9-/m1/s1. The zero-order chi connectivity index (χ0) is 13.8. The highest BCUT2D eigenvalue weighted by molar-refractivity contribution is 6.32. The van der Waals surface area contributed by atoms with Gasteiger partial charge in [-0.25, -0.2) is 0 Å². The highest BCUT2D eigenvalue weighted by Crippen LogP contribution is 2.28. The van der Waals surface area contributed by atoms with Crippen LogP contribution in [0.3, 0.4) is 0 Å². The molecule has 1 aromatic carbocycles. The van der Waals surface area contributed by atoms with Gasteiger partial charge in [0.2, 0.25) is 0 Å². The van der Waals surface area contributed by atoms with Crippen LogP contribution >= 0.6 is 23.2 Å². The molecule has 1 atom stereocenters. The molecule has 0 saturated heterocycles. The largest absolute Gasteiger partial charge is 0.487 e. The number of halogens is 2. The molecule has 0 fully saturated rings. The summed E-state index contributed by atoms with van der Waals surface area (Å²) in [4.78, 5) is 3.92. The summed E-state index contributed by atoms with van der Waals surface area (Å²) in [6, 6.07) is 7.29. The molecule has 3 nitrogen and oxygen atoms in total. The molecule has 5 heteroatoms. The maximum atomic E-state index is 6.15. The van der Waals surface area contributed by atoms with E-state index in [0.717, 1.165) is 11.1 Å². The fraction of sp³-hybridized carbons (Fsp3) is 0.214. The molecule has 0 unspecified atom stereocenters. The first kappa shape index (κ1) is 14.1. The molecule has 0 saturated carbocycles. The highest BCUT2D eigenvalue weighted by atomic mass is 35.5. The van der Waals surface area contributed by atoms with Crippen molar-refractivity contribution in [3.05, 3.63) is 57.8 Å². The highest BCUT2D eigenvalue weighted by Gasteiger charge is 2.07. The smallest absolute Gasteiger partial charge is 0.138 e. The van der Waals surface area contributed by atoms with Gasteiger partial charge in [0, 0.05) is 24.0 Å². The third-order valence-electron chi connectivity index (χ3n) is 2.72. The minimum Gasteiger partial charge on any atom is -0.487 e. The molecule has 1 heterocycles. The van der Waals surface area contributed by atoms with Crippen LogP contribution in [0.4, 0.5) is 0 Å². The van der Waals surface area contributed by atoms with Crippen LogP contribution < -0.4 is 10.5 Å². The molecule has 2 N–H and O–H groups in total. The van der Waals surface area contributed by atoms with Crippen molar-refractivity contribution in [2.24, 2.45) is 5.73 Å². The summed E-state index contributed by atoms with van der Waals surface area (Å²) in [6.45, 7) is 2.25. The molecule has 0 aliphatic rings. The van der Waals surface area contributed by atoms with Crippen LogP contribution in [0.1, 0.15) is 24.1 Å². The monoisotopic (exact) mass is 296 g/mol. The Kier molecular flexibility index (Phi) is 4.64.